The van der Waals surface area contributed by atoms with Crippen LogP contribution in [0.4, 0.5) is 11.4 Å². The van der Waals surface area contributed by atoms with Crippen LogP contribution in [0.1, 0.15) is 36.9 Å². The Labute approximate surface area is 273 Å². The van der Waals surface area contributed by atoms with Crippen LogP contribution in [-0.2, 0) is 16.0 Å². The first-order valence-electron chi connectivity index (χ1n) is 14.7. The van der Waals surface area contributed by atoms with E-state index in [9.17, 15) is 14.4 Å². The van der Waals surface area contributed by atoms with Gasteiger partial charge in [-0.05, 0) is 78.3 Å². The van der Waals surface area contributed by atoms with Gasteiger partial charge in [-0.1, -0.05) is 6.07 Å². The van der Waals surface area contributed by atoms with E-state index in [4.69, 9.17) is 23.7 Å². The van der Waals surface area contributed by atoms with Crippen molar-refractivity contribution in [1.29, 1.82) is 0 Å². The predicted octanol–water partition coefficient (Wildman–Crippen LogP) is 5.05. The number of thioether (sulfide) groups is 1. The second-order valence-corrected chi connectivity index (χ2v) is 11.6. The molecule has 0 bridgehead atoms. The molecule has 4 rings (SSSR count). The molecule has 2 amide bonds. The van der Waals surface area contributed by atoms with Crippen molar-refractivity contribution in [3.8, 4) is 39.9 Å². The molecule has 0 heterocycles. The van der Waals surface area contributed by atoms with Gasteiger partial charge in [-0.15, -0.1) is 0 Å². The summed E-state index contributed by atoms with van der Waals surface area (Å²) in [6.45, 7) is 1.45. The molecule has 246 valence electrons. The van der Waals surface area contributed by atoms with E-state index in [2.05, 4.69) is 16.0 Å². The van der Waals surface area contributed by atoms with Crippen LogP contribution >= 0.6 is 11.8 Å². The highest BCUT2D eigenvalue weighted by molar-refractivity contribution is 7.98. The van der Waals surface area contributed by atoms with Crippen LogP contribution in [0, 0.1) is 0 Å². The van der Waals surface area contributed by atoms with E-state index in [0.717, 1.165) is 11.1 Å². The summed E-state index contributed by atoms with van der Waals surface area (Å²) in [5.74, 6) is 2.55. The lowest BCUT2D eigenvalue weighted by molar-refractivity contribution is -0.120. The number of hydrogen-bond acceptors (Lipinski definition) is 10. The molecule has 0 radical (unpaired) electrons. The van der Waals surface area contributed by atoms with Gasteiger partial charge in [-0.25, -0.2) is 0 Å². The van der Waals surface area contributed by atoms with Crippen molar-refractivity contribution in [2.45, 2.75) is 38.3 Å². The number of methoxy groups -OCH3 is 5. The topological polar surface area (TPSA) is 133 Å². The van der Waals surface area contributed by atoms with Gasteiger partial charge in [0.1, 0.15) is 17.5 Å². The van der Waals surface area contributed by atoms with E-state index in [1.165, 1.54) is 27.2 Å². The molecule has 0 unspecified atom stereocenters. The molecule has 46 heavy (non-hydrogen) atoms. The number of amides is 2. The number of aryl methyl sites for hydroxylation is 1. The van der Waals surface area contributed by atoms with Gasteiger partial charge < -0.3 is 39.6 Å². The molecule has 1 aliphatic rings. The Morgan fingerprint density at radius 1 is 0.891 bits per heavy atom. The third-order valence-corrected chi connectivity index (χ3v) is 8.48. The molecule has 0 saturated carbocycles. The molecule has 0 aliphatic heterocycles. The van der Waals surface area contributed by atoms with Gasteiger partial charge in [0, 0.05) is 18.6 Å². The minimum Gasteiger partial charge on any atom is -0.497 e. The van der Waals surface area contributed by atoms with E-state index in [-0.39, 0.29) is 22.9 Å². The summed E-state index contributed by atoms with van der Waals surface area (Å²) >= 11 is 1.59. The summed E-state index contributed by atoms with van der Waals surface area (Å²) in [4.78, 5) is 39.8. The number of rotatable bonds is 13. The number of carbonyl (C=O) groups is 2. The highest BCUT2D eigenvalue weighted by Gasteiger charge is 2.30. The van der Waals surface area contributed by atoms with Crippen LogP contribution < -0.4 is 45.1 Å². The van der Waals surface area contributed by atoms with Gasteiger partial charge in [-0.2, -0.15) is 11.8 Å². The summed E-state index contributed by atoms with van der Waals surface area (Å²) in [5.41, 5.74) is 3.37. The fraction of sp³-hybridized carbons (Fsp3) is 0.382. The average molecular weight is 652 g/mol. The quantitative estimate of drug-likeness (QED) is 0.231. The summed E-state index contributed by atoms with van der Waals surface area (Å²) in [6, 6.07) is 10.8. The van der Waals surface area contributed by atoms with Crippen LogP contribution in [0.2, 0.25) is 0 Å². The van der Waals surface area contributed by atoms with Gasteiger partial charge in [0.15, 0.2) is 11.5 Å². The Morgan fingerprint density at radius 3 is 2.24 bits per heavy atom. The maximum atomic E-state index is 13.9. The number of carbonyl (C=O) groups excluding carboxylic acids is 2. The smallest absolute Gasteiger partial charge is 0.246 e. The maximum Gasteiger partial charge on any atom is 0.246 e. The van der Waals surface area contributed by atoms with Crippen molar-refractivity contribution in [3.63, 3.8) is 0 Å². The van der Waals surface area contributed by atoms with Gasteiger partial charge in [0.2, 0.25) is 23.0 Å². The van der Waals surface area contributed by atoms with Crippen molar-refractivity contribution in [2.75, 3.05) is 58.2 Å². The minimum absolute atomic E-state index is 0.218. The molecule has 2 atom stereocenters. The largest absolute Gasteiger partial charge is 0.497 e. The highest BCUT2D eigenvalue weighted by atomic mass is 32.2. The van der Waals surface area contributed by atoms with E-state index < -0.39 is 12.1 Å². The van der Waals surface area contributed by atoms with Crippen LogP contribution in [0.5, 0.6) is 28.7 Å². The van der Waals surface area contributed by atoms with Crippen LogP contribution in [0.25, 0.3) is 11.1 Å². The van der Waals surface area contributed by atoms with Crippen molar-refractivity contribution >= 4 is 35.0 Å². The van der Waals surface area contributed by atoms with Crippen LogP contribution in [0.15, 0.2) is 47.3 Å². The van der Waals surface area contributed by atoms with E-state index in [1.807, 2.05) is 18.4 Å². The summed E-state index contributed by atoms with van der Waals surface area (Å²) in [6.07, 6.45) is 3.52. The molecule has 3 aromatic carbocycles. The first-order chi connectivity index (χ1) is 22.2. The molecule has 3 aromatic rings. The lowest BCUT2D eigenvalue weighted by Crippen LogP contribution is -2.36. The van der Waals surface area contributed by atoms with Gasteiger partial charge in [0.25, 0.3) is 0 Å². The summed E-state index contributed by atoms with van der Waals surface area (Å²) < 4.78 is 27.9. The Kier molecular flexibility index (Phi) is 11.6. The Morgan fingerprint density at radius 2 is 1.61 bits per heavy atom. The van der Waals surface area contributed by atoms with Crippen molar-refractivity contribution < 1.29 is 33.3 Å². The Balaban J connectivity index is 1.82. The van der Waals surface area contributed by atoms with Gasteiger partial charge in [-0.3, -0.25) is 14.4 Å². The first kappa shape index (κ1) is 34.3. The maximum absolute atomic E-state index is 13.9. The number of ether oxygens (including phenoxy) is 5. The number of hydrogen-bond donors (Lipinski definition) is 3. The number of anilines is 2. The second-order valence-electron chi connectivity index (χ2n) is 10.6. The van der Waals surface area contributed by atoms with Gasteiger partial charge in [0.05, 0.1) is 53.0 Å². The highest BCUT2D eigenvalue weighted by Crippen LogP contribution is 2.50. The standard InChI is InChI=1S/C34H41N3O8S/c1-19(38)35-24-11-8-20-16-30(43-4)32(44-5)33(45-6)31(20)22-10-13-25(28(39)18-23(22)24)36-27(14-15-46-7)34(40)37-26-12-9-21(41-2)17-29(26)42-3/h9-10,12-13,16-18,24,27H,8,11,14-15H2,1-7H3,(H,35,38)(H,36,39)(H,37,40)/t24-,27+/m0/s1. The zero-order valence-electron chi connectivity index (χ0n) is 27.2. The molecule has 11 nitrogen and oxygen atoms in total. The van der Waals surface area contributed by atoms with E-state index in [0.29, 0.717) is 70.6 Å². The molecule has 0 aromatic heterocycles. The molecule has 1 aliphatic carbocycles. The number of nitrogens with one attached hydrogen (secondary N) is 3. The average Bonchev–Trinajstić information content (AvgIpc) is 3.30. The normalized spacial score (nSPS) is 14.0. The third kappa shape index (κ3) is 7.44. The molecule has 0 spiro atoms. The van der Waals surface area contributed by atoms with E-state index in [1.54, 1.807) is 57.4 Å². The van der Waals surface area contributed by atoms with Crippen molar-refractivity contribution in [1.82, 2.24) is 5.32 Å². The zero-order chi connectivity index (χ0) is 33.4. The Hall–Kier alpha value is -4.58. The van der Waals surface area contributed by atoms with E-state index >= 15 is 0 Å². The molecule has 3 N–H and O–H groups in total. The predicted molar refractivity (Wildman–Crippen MR) is 181 cm³/mol. The van der Waals surface area contributed by atoms with Crippen molar-refractivity contribution in [3.05, 3.63) is 63.8 Å². The lowest BCUT2D eigenvalue weighted by Gasteiger charge is -2.20. The monoisotopic (exact) mass is 651 g/mol. The lowest BCUT2D eigenvalue weighted by atomic mass is 9.95. The summed E-state index contributed by atoms with van der Waals surface area (Å²) in [7, 11) is 7.71. The molecule has 12 heteroatoms. The molecule has 0 saturated heterocycles. The minimum atomic E-state index is -0.744. The fourth-order valence-corrected chi connectivity index (χ4v) is 6.11. The number of benzene rings is 2. The van der Waals surface area contributed by atoms with Crippen LogP contribution in [-0.4, -0.2) is 65.4 Å². The summed E-state index contributed by atoms with van der Waals surface area (Å²) in [5, 5.41) is 9.14. The van der Waals surface area contributed by atoms with Crippen molar-refractivity contribution in [2.24, 2.45) is 0 Å². The molecular weight excluding hydrogens is 610 g/mol. The first-order valence-corrected chi connectivity index (χ1v) is 16.1. The zero-order valence-corrected chi connectivity index (χ0v) is 28.0. The fourth-order valence-electron chi connectivity index (χ4n) is 5.64. The number of fused-ring (bicyclic) bond motifs is 3. The third-order valence-electron chi connectivity index (χ3n) is 7.84. The van der Waals surface area contributed by atoms with Crippen LogP contribution in [0.3, 0.4) is 0 Å². The Bertz CT molecular complexity index is 1650. The second kappa shape index (κ2) is 15.6. The van der Waals surface area contributed by atoms with Gasteiger partial charge >= 0.3 is 0 Å². The SMILES string of the molecule is COc1ccc(NC(=O)[C@@H](CCSC)Nc2ccc3c(cc2=O)[C@@H](NC(C)=O)CCc2cc(OC)c(OC)c(OC)c2-3)c(OC)c1. The molecular formula is C34H41N3O8S. The molecule has 0 fully saturated rings.